The molecule has 1 aliphatic heterocycles. The van der Waals surface area contributed by atoms with Crippen LogP contribution in [-0.4, -0.2) is 54.4 Å². The van der Waals surface area contributed by atoms with Gasteiger partial charge in [0.05, 0.1) is 25.2 Å². The summed E-state index contributed by atoms with van der Waals surface area (Å²) in [6.45, 7) is 7.66. The summed E-state index contributed by atoms with van der Waals surface area (Å²) in [7, 11) is 0. The minimum Gasteiger partial charge on any atom is -0.481 e. The highest BCUT2D eigenvalue weighted by molar-refractivity contribution is 5.76. The van der Waals surface area contributed by atoms with Crippen LogP contribution in [0.25, 0.3) is 0 Å². The molecule has 1 rings (SSSR count). The summed E-state index contributed by atoms with van der Waals surface area (Å²) in [5.41, 5.74) is 0. The number of carbonyl (C=O) groups is 2. The van der Waals surface area contributed by atoms with E-state index in [0.717, 1.165) is 0 Å². The number of ether oxygens (including phenoxy) is 1. The monoisotopic (exact) mass is 272 g/mol. The molecule has 0 spiro atoms. The van der Waals surface area contributed by atoms with Crippen molar-refractivity contribution < 1.29 is 19.4 Å². The van der Waals surface area contributed by atoms with Crippen molar-refractivity contribution in [2.45, 2.75) is 33.2 Å². The molecular weight excluding hydrogens is 248 g/mol. The van der Waals surface area contributed by atoms with E-state index in [4.69, 9.17) is 9.84 Å². The first-order valence-corrected chi connectivity index (χ1v) is 6.76. The van der Waals surface area contributed by atoms with Gasteiger partial charge < -0.3 is 20.1 Å². The normalized spacial score (nSPS) is 21.3. The lowest BCUT2D eigenvalue weighted by molar-refractivity contribution is -0.142. The first kappa shape index (κ1) is 15.8. The number of amides is 2. The van der Waals surface area contributed by atoms with Gasteiger partial charge in [0.2, 0.25) is 0 Å². The van der Waals surface area contributed by atoms with Crippen molar-refractivity contribution >= 4 is 12.0 Å². The molecule has 1 fully saturated rings. The standard InChI is InChI=1S/C13H24N2O4/c1-9(2)6-11(12(16)17)7-14-13(18)15-4-5-19-8-10(15)3/h9-11H,4-8H2,1-3H3,(H,14,18)(H,16,17). The number of hydrogen-bond acceptors (Lipinski definition) is 3. The Balaban J connectivity index is 2.44. The number of carboxylic acids is 1. The lowest BCUT2D eigenvalue weighted by Crippen LogP contribution is -2.52. The molecule has 19 heavy (non-hydrogen) atoms. The van der Waals surface area contributed by atoms with Crippen LogP contribution in [0.1, 0.15) is 27.2 Å². The molecule has 0 aromatic rings. The Labute approximate surface area is 114 Å². The molecule has 2 atom stereocenters. The Morgan fingerprint density at radius 2 is 2.16 bits per heavy atom. The fraction of sp³-hybridized carbons (Fsp3) is 0.846. The molecule has 6 heteroatoms. The van der Waals surface area contributed by atoms with Crippen LogP contribution in [0.4, 0.5) is 4.79 Å². The fourth-order valence-electron chi connectivity index (χ4n) is 2.18. The van der Waals surface area contributed by atoms with Gasteiger partial charge >= 0.3 is 12.0 Å². The van der Waals surface area contributed by atoms with Gasteiger partial charge in [-0.15, -0.1) is 0 Å². The topological polar surface area (TPSA) is 78.9 Å². The Morgan fingerprint density at radius 1 is 1.47 bits per heavy atom. The van der Waals surface area contributed by atoms with Crippen LogP contribution in [0, 0.1) is 11.8 Å². The maximum absolute atomic E-state index is 12.0. The summed E-state index contributed by atoms with van der Waals surface area (Å²) >= 11 is 0. The number of carboxylic acid groups (broad SMARTS) is 1. The van der Waals surface area contributed by atoms with Crippen LogP contribution in [-0.2, 0) is 9.53 Å². The van der Waals surface area contributed by atoms with E-state index in [1.807, 2.05) is 20.8 Å². The second kappa shape index (κ2) is 7.33. The molecule has 2 N–H and O–H groups in total. The van der Waals surface area contributed by atoms with Gasteiger partial charge in [0, 0.05) is 13.1 Å². The van der Waals surface area contributed by atoms with Crippen LogP contribution in [0.2, 0.25) is 0 Å². The second-order valence-electron chi connectivity index (χ2n) is 5.47. The third kappa shape index (κ3) is 5.06. The summed E-state index contributed by atoms with van der Waals surface area (Å²) in [6, 6.07) is -0.173. The number of aliphatic carboxylic acids is 1. The van der Waals surface area contributed by atoms with E-state index in [2.05, 4.69) is 5.32 Å². The number of morpholine rings is 1. The molecule has 1 heterocycles. The van der Waals surface area contributed by atoms with Crippen molar-refractivity contribution in [3.63, 3.8) is 0 Å². The van der Waals surface area contributed by atoms with Crippen LogP contribution in [0.15, 0.2) is 0 Å². The van der Waals surface area contributed by atoms with Crippen LogP contribution < -0.4 is 5.32 Å². The van der Waals surface area contributed by atoms with Crippen molar-refractivity contribution in [1.29, 1.82) is 0 Å². The predicted molar refractivity (Wildman–Crippen MR) is 71.0 cm³/mol. The largest absolute Gasteiger partial charge is 0.481 e. The number of carbonyl (C=O) groups excluding carboxylic acids is 1. The van der Waals surface area contributed by atoms with Crippen molar-refractivity contribution in [1.82, 2.24) is 10.2 Å². The number of nitrogens with zero attached hydrogens (tertiary/aromatic N) is 1. The Bertz CT molecular complexity index is 320. The van der Waals surface area contributed by atoms with E-state index < -0.39 is 11.9 Å². The van der Waals surface area contributed by atoms with Gasteiger partial charge in [0.1, 0.15) is 0 Å². The molecule has 0 aromatic carbocycles. The maximum atomic E-state index is 12.0. The molecular formula is C13H24N2O4. The summed E-state index contributed by atoms with van der Waals surface area (Å²) in [5, 5.41) is 11.8. The molecule has 0 aromatic heterocycles. The van der Waals surface area contributed by atoms with E-state index >= 15 is 0 Å². The van der Waals surface area contributed by atoms with Crippen molar-refractivity contribution in [2.75, 3.05) is 26.3 Å². The minimum absolute atomic E-state index is 0.0297. The molecule has 0 radical (unpaired) electrons. The Morgan fingerprint density at radius 3 is 2.68 bits per heavy atom. The van der Waals surface area contributed by atoms with Crippen molar-refractivity contribution in [2.24, 2.45) is 11.8 Å². The van der Waals surface area contributed by atoms with Crippen molar-refractivity contribution in [3.05, 3.63) is 0 Å². The van der Waals surface area contributed by atoms with Gasteiger partial charge in [0.25, 0.3) is 0 Å². The lowest BCUT2D eigenvalue weighted by Gasteiger charge is -2.33. The zero-order valence-corrected chi connectivity index (χ0v) is 11.9. The number of urea groups is 1. The Hall–Kier alpha value is -1.30. The summed E-state index contributed by atoms with van der Waals surface area (Å²) in [4.78, 5) is 24.8. The summed E-state index contributed by atoms with van der Waals surface area (Å²) in [5.74, 6) is -1.09. The molecule has 0 aliphatic carbocycles. The molecule has 2 unspecified atom stereocenters. The highest BCUT2D eigenvalue weighted by atomic mass is 16.5. The van der Waals surface area contributed by atoms with Gasteiger partial charge in [-0.05, 0) is 19.3 Å². The average Bonchev–Trinajstić information content (AvgIpc) is 2.34. The highest BCUT2D eigenvalue weighted by Crippen LogP contribution is 2.12. The zero-order chi connectivity index (χ0) is 14.4. The van der Waals surface area contributed by atoms with Crippen molar-refractivity contribution in [3.8, 4) is 0 Å². The average molecular weight is 272 g/mol. The predicted octanol–water partition coefficient (Wildman–Crippen LogP) is 1.16. The maximum Gasteiger partial charge on any atom is 0.317 e. The van der Waals surface area contributed by atoms with Gasteiger partial charge in [-0.3, -0.25) is 4.79 Å². The first-order chi connectivity index (χ1) is 8.91. The minimum atomic E-state index is -0.857. The number of rotatable bonds is 5. The van der Waals surface area contributed by atoms with Gasteiger partial charge in [-0.2, -0.15) is 0 Å². The highest BCUT2D eigenvalue weighted by Gasteiger charge is 2.25. The van der Waals surface area contributed by atoms with Crippen LogP contribution in [0.5, 0.6) is 0 Å². The van der Waals surface area contributed by atoms with E-state index in [1.165, 1.54) is 0 Å². The SMILES string of the molecule is CC(C)CC(CNC(=O)N1CCOCC1C)C(=O)O. The molecule has 1 aliphatic rings. The van der Waals surface area contributed by atoms with E-state index in [0.29, 0.717) is 32.1 Å². The second-order valence-corrected chi connectivity index (χ2v) is 5.47. The van der Waals surface area contributed by atoms with Gasteiger partial charge in [0.15, 0.2) is 0 Å². The number of hydrogen-bond donors (Lipinski definition) is 2. The quantitative estimate of drug-likeness (QED) is 0.787. The number of nitrogens with one attached hydrogen (secondary N) is 1. The molecule has 0 saturated carbocycles. The molecule has 110 valence electrons. The lowest BCUT2D eigenvalue weighted by atomic mass is 9.97. The van der Waals surface area contributed by atoms with Gasteiger partial charge in [-0.25, -0.2) is 4.79 Å². The first-order valence-electron chi connectivity index (χ1n) is 6.76. The Kier molecular flexibility index (Phi) is 6.08. The summed E-state index contributed by atoms with van der Waals surface area (Å²) < 4.78 is 5.26. The summed E-state index contributed by atoms with van der Waals surface area (Å²) in [6.07, 6.45) is 0.564. The van der Waals surface area contributed by atoms with E-state index in [-0.39, 0.29) is 18.6 Å². The van der Waals surface area contributed by atoms with Gasteiger partial charge in [-0.1, -0.05) is 13.8 Å². The molecule has 2 amide bonds. The molecule has 6 nitrogen and oxygen atoms in total. The zero-order valence-electron chi connectivity index (χ0n) is 11.9. The molecule has 1 saturated heterocycles. The van der Waals surface area contributed by atoms with E-state index in [9.17, 15) is 9.59 Å². The third-order valence-corrected chi connectivity index (χ3v) is 3.23. The van der Waals surface area contributed by atoms with Crippen LogP contribution >= 0.6 is 0 Å². The molecule has 0 bridgehead atoms. The smallest absolute Gasteiger partial charge is 0.317 e. The third-order valence-electron chi connectivity index (χ3n) is 3.23. The van der Waals surface area contributed by atoms with E-state index in [1.54, 1.807) is 4.90 Å². The van der Waals surface area contributed by atoms with Crippen LogP contribution in [0.3, 0.4) is 0 Å². The fourth-order valence-corrected chi connectivity index (χ4v) is 2.18.